The van der Waals surface area contributed by atoms with Crippen LogP contribution in [-0.2, 0) is 14.3 Å². The number of piperidine rings is 1. The van der Waals surface area contributed by atoms with Crippen molar-refractivity contribution in [3.63, 3.8) is 0 Å². The molecule has 1 saturated heterocycles. The zero-order valence-corrected chi connectivity index (χ0v) is 13.2. The van der Waals surface area contributed by atoms with Crippen molar-refractivity contribution in [2.24, 2.45) is 11.8 Å². The van der Waals surface area contributed by atoms with E-state index in [1.54, 1.807) is 7.11 Å². The molecule has 0 aliphatic carbocycles. The SMILES string of the molecule is COCCOCC(O)CN1CCCC(C(C)CC(=O)O)C1. The van der Waals surface area contributed by atoms with Gasteiger partial charge >= 0.3 is 5.97 Å². The quantitative estimate of drug-likeness (QED) is 0.582. The largest absolute Gasteiger partial charge is 0.481 e. The molecule has 1 heterocycles. The molecular weight excluding hydrogens is 274 g/mol. The molecule has 0 saturated carbocycles. The second-order valence-corrected chi connectivity index (χ2v) is 5.96. The first kappa shape index (κ1) is 18.4. The minimum atomic E-state index is -0.730. The van der Waals surface area contributed by atoms with Crippen LogP contribution < -0.4 is 0 Å². The minimum Gasteiger partial charge on any atom is -0.481 e. The van der Waals surface area contributed by atoms with Gasteiger partial charge in [-0.15, -0.1) is 0 Å². The Hall–Kier alpha value is -0.690. The molecule has 1 rings (SSSR count). The van der Waals surface area contributed by atoms with E-state index in [9.17, 15) is 9.90 Å². The molecule has 0 aromatic heterocycles. The molecule has 0 aromatic carbocycles. The Labute approximate surface area is 127 Å². The zero-order chi connectivity index (χ0) is 15.7. The van der Waals surface area contributed by atoms with Crippen molar-refractivity contribution in [3.05, 3.63) is 0 Å². The monoisotopic (exact) mass is 303 g/mol. The Balaban J connectivity index is 2.26. The van der Waals surface area contributed by atoms with Gasteiger partial charge in [0.1, 0.15) is 0 Å². The first-order chi connectivity index (χ1) is 10.0. The molecule has 1 aliphatic heterocycles. The number of hydrogen-bond donors (Lipinski definition) is 2. The minimum absolute atomic E-state index is 0.181. The van der Waals surface area contributed by atoms with E-state index in [0.717, 1.165) is 25.9 Å². The first-order valence-electron chi connectivity index (χ1n) is 7.71. The van der Waals surface area contributed by atoms with Crippen LogP contribution in [0.25, 0.3) is 0 Å². The zero-order valence-electron chi connectivity index (χ0n) is 13.2. The number of ether oxygens (including phenoxy) is 2. The summed E-state index contributed by atoms with van der Waals surface area (Å²) in [6, 6.07) is 0. The number of aliphatic hydroxyl groups excluding tert-OH is 1. The van der Waals surface area contributed by atoms with Gasteiger partial charge in [-0.1, -0.05) is 6.92 Å². The highest BCUT2D eigenvalue weighted by molar-refractivity contribution is 5.66. The van der Waals surface area contributed by atoms with Gasteiger partial charge in [-0.3, -0.25) is 4.79 Å². The van der Waals surface area contributed by atoms with Crippen LogP contribution in [0, 0.1) is 11.8 Å². The number of carboxylic acid groups (broad SMARTS) is 1. The maximum absolute atomic E-state index is 10.8. The summed E-state index contributed by atoms with van der Waals surface area (Å²) in [6.07, 6.45) is 1.86. The highest BCUT2D eigenvalue weighted by Crippen LogP contribution is 2.26. The lowest BCUT2D eigenvalue weighted by atomic mass is 9.84. The molecule has 0 spiro atoms. The van der Waals surface area contributed by atoms with Crippen molar-refractivity contribution in [2.75, 3.05) is 46.6 Å². The fraction of sp³-hybridized carbons (Fsp3) is 0.933. The van der Waals surface area contributed by atoms with Crippen molar-refractivity contribution in [1.29, 1.82) is 0 Å². The van der Waals surface area contributed by atoms with Gasteiger partial charge in [0.05, 0.1) is 25.9 Å². The van der Waals surface area contributed by atoms with E-state index in [-0.39, 0.29) is 12.3 Å². The van der Waals surface area contributed by atoms with Gasteiger partial charge in [0.25, 0.3) is 0 Å². The number of nitrogens with zero attached hydrogens (tertiary/aromatic N) is 1. The molecule has 1 aliphatic rings. The van der Waals surface area contributed by atoms with Gasteiger partial charge in [0.2, 0.25) is 0 Å². The average molecular weight is 303 g/mol. The molecule has 6 nitrogen and oxygen atoms in total. The highest BCUT2D eigenvalue weighted by Gasteiger charge is 2.26. The third-order valence-electron chi connectivity index (χ3n) is 4.05. The molecule has 3 atom stereocenters. The van der Waals surface area contributed by atoms with E-state index in [4.69, 9.17) is 14.6 Å². The second-order valence-electron chi connectivity index (χ2n) is 5.96. The molecule has 21 heavy (non-hydrogen) atoms. The van der Waals surface area contributed by atoms with Gasteiger partial charge in [0, 0.05) is 26.6 Å². The summed E-state index contributed by atoms with van der Waals surface area (Å²) in [5, 5.41) is 18.9. The Kier molecular flexibility index (Phi) is 8.84. The fourth-order valence-corrected chi connectivity index (χ4v) is 2.88. The normalized spacial score (nSPS) is 22.9. The molecule has 124 valence electrons. The lowest BCUT2D eigenvalue weighted by Gasteiger charge is -2.36. The van der Waals surface area contributed by atoms with Crippen molar-refractivity contribution in [2.45, 2.75) is 32.3 Å². The number of β-amino-alcohol motifs (C(OH)–C–C–N with tert-alkyl or cyclic N) is 1. The average Bonchev–Trinajstić information content (AvgIpc) is 2.43. The lowest BCUT2D eigenvalue weighted by Crippen LogP contribution is -2.43. The van der Waals surface area contributed by atoms with E-state index in [2.05, 4.69) is 4.90 Å². The summed E-state index contributed by atoms with van der Waals surface area (Å²) in [5.74, 6) is -0.150. The van der Waals surface area contributed by atoms with E-state index in [0.29, 0.717) is 32.3 Å². The molecule has 0 amide bonds. The smallest absolute Gasteiger partial charge is 0.303 e. The topological polar surface area (TPSA) is 79.2 Å². The lowest BCUT2D eigenvalue weighted by molar-refractivity contribution is -0.138. The highest BCUT2D eigenvalue weighted by atomic mass is 16.5. The number of rotatable bonds is 10. The Morgan fingerprint density at radius 1 is 1.43 bits per heavy atom. The first-order valence-corrected chi connectivity index (χ1v) is 7.71. The summed E-state index contributed by atoms with van der Waals surface area (Å²) in [5.41, 5.74) is 0. The molecular formula is C15H29NO5. The van der Waals surface area contributed by atoms with Crippen LogP contribution in [0.2, 0.25) is 0 Å². The van der Waals surface area contributed by atoms with Gasteiger partial charge in [0.15, 0.2) is 0 Å². The molecule has 0 bridgehead atoms. The van der Waals surface area contributed by atoms with Crippen molar-refractivity contribution in [3.8, 4) is 0 Å². The number of carbonyl (C=O) groups is 1. The van der Waals surface area contributed by atoms with Gasteiger partial charge in [-0.05, 0) is 31.2 Å². The van der Waals surface area contributed by atoms with E-state index >= 15 is 0 Å². The maximum atomic E-state index is 10.8. The van der Waals surface area contributed by atoms with Crippen LogP contribution in [0.4, 0.5) is 0 Å². The standard InChI is InChI=1S/C15H29NO5/c1-12(8-15(18)19)13-4-3-5-16(9-13)10-14(17)11-21-7-6-20-2/h12-14,17H,3-11H2,1-2H3,(H,18,19). The van der Waals surface area contributed by atoms with Gasteiger partial charge < -0.3 is 24.6 Å². The molecule has 0 radical (unpaired) electrons. The van der Waals surface area contributed by atoms with Gasteiger partial charge in [-0.2, -0.15) is 0 Å². The Morgan fingerprint density at radius 3 is 2.86 bits per heavy atom. The number of aliphatic hydroxyl groups is 1. The number of hydrogen-bond acceptors (Lipinski definition) is 5. The summed E-state index contributed by atoms with van der Waals surface area (Å²) >= 11 is 0. The third kappa shape index (κ3) is 7.76. The molecule has 3 unspecified atom stereocenters. The number of carboxylic acids is 1. The van der Waals surface area contributed by atoms with Gasteiger partial charge in [-0.25, -0.2) is 0 Å². The van der Waals surface area contributed by atoms with Crippen LogP contribution in [0.3, 0.4) is 0 Å². The van der Waals surface area contributed by atoms with Crippen LogP contribution >= 0.6 is 0 Å². The second kappa shape index (κ2) is 10.1. The van der Waals surface area contributed by atoms with Crippen LogP contribution in [-0.4, -0.2) is 73.8 Å². The summed E-state index contributed by atoms with van der Waals surface area (Å²) in [7, 11) is 1.62. The van der Waals surface area contributed by atoms with Crippen LogP contribution in [0.1, 0.15) is 26.2 Å². The number of likely N-dealkylation sites (tertiary alicyclic amines) is 1. The van der Waals surface area contributed by atoms with E-state index in [1.807, 2.05) is 6.92 Å². The van der Waals surface area contributed by atoms with Crippen molar-refractivity contribution < 1.29 is 24.5 Å². The predicted molar refractivity (Wildman–Crippen MR) is 79.3 cm³/mol. The fourth-order valence-electron chi connectivity index (χ4n) is 2.88. The van der Waals surface area contributed by atoms with E-state index < -0.39 is 12.1 Å². The van der Waals surface area contributed by atoms with Crippen LogP contribution in [0.15, 0.2) is 0 Å². The summed E-state index contributed by atoms with van der Waals surface area (Å²) < 4.78 is 10.2. The Bertz CT molecular complexity index is 300. The number of methoxy groups -OCH3 is 1. The molecule has 0 aromatic rings. The Morgan fingerprint density at radius 2 is 2.19 bits per heavy atom. The van der Waals surface area contributed by atoms with Crippen molar-refractivity contribution in [1.82, 2.24) is 4.90 Å². The molecule has 6 heteroatoms. The molecule has 2 N–H and O–H groups in total. The summed E-state index contributed by atoms with van der Waals surface area (Å²) in [4.78, 5) is 13.0. The molecule has 1 fully saturated rings. The summed E-state index contributed by atoms with van der Waals surface area (Å²) in [6.45, 7) is 5.76. The van der Waals surface area contributed by atoms with Crippen LogP contribution in [0.5, 0.6) is 0 Å². The third-order valence-corrected chi connectivity index (χ3v) is 4.05. The predicted octanol–water partition coefficient (Wildman–Crippen LogP) is 0.833. The van der Waals surface area contributed by atoms with E-state index in [1.165, 1.54) is 0 Å². The maximum Gasteiger partial charge on any atom is 0.303 e. The van der Waals surface area contributed by atoms with Crippen molar-refractivity contribution >= 4 is 5.97 Å². The number of aliphatic carboxylic acids is 1.